The van der Waals surface area contributed by atoms with Crippen LogP contribution in [0.1, 0.15) is 33.9 Å². The number of furan rings is 1. The third-order valence-corrected chi connectivity index (χ3v) is 7.25. The molecule has 5 rings (SSSR count). The minimum absolute atomic E-state index is 0.301. The van der Waals surface area contributed by atoms with Gasteiger partial charge in [0.1, 0.15) is 23.3 Å². The largest absolute Gasteiger partial charge is 0.494 e. The first-order valence-corrected chi connectivity index (χ1v) is 14.4. The van der Waals surface area contributed by atoms with Crippen molar-refractivity contribution in [3.63, 3.8) is 0 Å². The number of esters is 1. The van der Waals surface area contributed by atoms with Crippen molar-refractivity contribution < 1.29 is 27.1 Å². The summed E-state index contributed by atoms with van der Waals surface area (Å²) in [5.74, 6) is 1.04. The van der Waals surface area contributed by atoms with E-state index in [-0.39, 0.29) is 6.04 Å². The van der Waals surface area contributed by atoms with E-state index in [1.807, 2.05) is 41.3 Å². The molecular weight excluding hydrogens is 552 g/mol. The predicted molar refractivity (Wildman–Crippen MR) is 155 cm³/mol. The Bertz CT molecular complexity index is 1670. The van der Waals surface area contributed by atoms with E-state index in [1.54, 1.807) is 42.6 Å². The van der Waals surface area contributed by atoms with E-state index >= 15 is 0 Å². The van der Waals surface area contributed by atoms with Gasteiger partial charge in [-0.05, 0) is 60.7 Å². The van der Waals surface area contributed by atoms with E-state index in [4.69, 9.17) is 26.1 Å². The van der Waals surface area contributed by atoms with E-state index in [0.29, 0.717) is 44.9 Å². The normalized spacial score (nSPS) is 16.9. The van der Waals surface area contributed by atoms with Gasteiger partial charge in [-0.1, -0.05) is 18.2 Å². The van der Waals surface area contributed by atoms with Crippen LogP contribution in [0.25, 0.3) is 11.3 Å². The molecular formula is C28H26N4O6S2. The van der Waals surface area contributed by atoms with E-state index in [1.165, 1.54) is 14.2 Å². The molecule has 4 aromatic rings. The summed E-state index contributed by atoms with van der Waals surface area (Å²) in [4.78, 5) is 18.5. The third-order valence-electron chi connectivity index (χ3n) is 6.34. The smallest absolute Gasteiger partial charge is 0.337 e. The van der Waals surface area contributed by atoms with E-state index in [0.717, 1.165) is 11.9 Å². The predicted octanol–water partition coefficient (Wildman–Crippen LogP) is 4.69. The summed E-state index contributed by atoms with van der Waals surface area (Å²) >= 11 is 5.78. The highest BCUT2D eigenvalue weighted by molar-refractivity contribution is 7.92. The highest BCUT2D eigenvalue weighted by Gasteiger charge is 2.43. The summed E-state index contributed by atoms with van der Waals surface area (Å²) in [6, 6.07) is 20.6. The molecule has 2 atom stereocenters. The van der Waals surface area contributed by atoms with E-state index < -0.39 is 22.0 Å². The topological polar surface area (TPSA) is 123 Å². The van der Waals surface area contributed by atoms with Gasteiger partial charge in [0.2, 0.25) is 10.0 Å². The van der Waals surface area contributed by atoms with Gasteiger partial charge in [0.05, 0.1) is 43.5 Å². The van der Waals surface area contributed by atoms with Gasteiger partial charge in [0.25, 0.3) is 0 Å². The summed E-state index contributed by atoms with van der Waals surface area (Å²) in [5, 5.41) is 3.79. The van der Waals surface area contributed by atoms with Gasteiger partial charge in [0, 0.05) is 23.5 Å². The summed E-state index contributed by atoms with van der Waals surface area (Å²) in [7, 11) is -0.724. The number of thiocarbonyl (C=S) groups is 1. The van der Waals surface area contributed by atoms with Crippen molar-refractivity contribution in [2.45, 2.75) is 12.1 Å². The number of nitrogens with zero attached hydrogens (tertiary/aromatic N) is 2. The van der Waals surface area contributed by atoms with Crippen molar-refractivity contribution in [2.75, 3.05) is 30.1 Å². The highest BCUT2D eigenvalue weighted by Crippen LogP contribution is 2.44. The summed E-state index contributed by atoms with van der Waals surface area (Å²) in [6.07, 6.45) is 2.78. The number of nitrogens with one attached hydrogen (secondary N) is 2. The first-order chi connectivity index (χ1) is 19.2. The van der Waals surface area contributed by atoms with Crippen LogP contribution in [-0.2, 0) is 14.8 Å². The van der Waals surface area contributed by atoms with Crippen molar-refractivity contribution in [2.24, 2.45) is 0 Å². The second-order valence-corrected chi connectivity index (χ2v) is 11.2. The molecule has 3 heterocycles. The number of sulfonamides is 1. The Morgan fingerprint density at radius 2 is 1.90 bits per heavy atom. The van der Waals surface area contributed by atoms with Gasteiger partial charge in [0.15, 0.2) is 5.11 Å². The molecule has 206 valence electrons. The van der Waals surface area contributed by atoms with Gasteiger partial charge in [-0.3, -0.25) is 9.71 Å². The first-order valence-electron chi connectivity index (χ1n) is 12.1. The Morgan fingerprint density at radius 1 is 1.07 bits per heavy atom. The van der Waals surface area contributed by atoms with Crippen LogP contribution >= 0.6 is 12.2 Å². The zero-order valence-electron chi connectivity index (χ0n) is 21.8. The number of ether oxygens (including phenoxy) is 2. The van der Waals surface area contributed by atoms with Crippen LogP contribution < -0.4 is 19.7 Å². The fourth-order valence-corrected chi connectivity index (χ4v) is 5.53. The van der Waals surface area contributed by atoms with Crippen LogP contribution in [0.4, 0.5) is 11.4 Å². The molecule has 0 aliphatic carbocycles. The average molecular weight is 579 g/mol. The van der Waals surface area contributed by atoms with Crippen LogP contribution in [0.3, 0.4) is 0 Å². The zero-order valence-corrected chi connectivity index (χ0v) is 23.5. The molecule has 40 heavy (non-hydrogen) atoms. The number of hydrogen-bond donors (Lipinski definition) is 2. The average Bonchev–Trinajstić information content (AvgIpc) is 3.57. The summed E-state index contributed by atoms with van der Waals surface area (Å²) < 4.78 is 42.9. The number of pyridine rings is 1. The molecule has 2 N–H and O–H groups in total. The quantitative estimate of drug-likeness (QED) is 0.225. The van der Waals surface area contributed by atoms with Gasteiger partial charge in [-0.15, -0.1) is 0 Å². The molecule has 2 aromatic carbocycles. The molecule has 1 saturated heterocycles. The maximum Gasteiger partial charge on any atom is 0.337 e. The van der Waals surface area contributed by atoms with Crippen LogP contribution in [0.5, 0.6) is 5.75 Å². The zero-order chi connectivity index (χ0) is 28.4. The number of carbonyl (C=O) groups is 1. The lowest BCUT2D eigenvalue weighted by molar-refractivity contribution is 0.0600. The monoisotopic (exact) mass is 578 g/mol. The van der Waals surface area contributed by atoms with Gasteiger partial charge < -0.3 is 24.1 Å². The molecule has 1 fully saturated rings. The molecule has 2 aromatic heterocycles. The van der Waals surface area contributed by atoms with Crippen molar-refractivity contribution in [1.82, 2.24) is 10.3 Å². The second-order valence-electron chi connectivity index (χ2n) is 9.03. The molecule has 1 aliphatic rings. The molecule has 0 unspecified atom stereocenters. The minimum Gasteiger partial charge on any atom is -0.494 e. The van der Waals surface area contributed by atoms with Gasteiger partial charge >= 0.3 is 5.97 Å². The molecule has 12 heteroatoms. The van der Waals surface area contributed by atoms with Crippen LogP contribution in [0.2, 0.25) is 0 Å². The van der Waals surface area contributed by atoms with Crippen LogP contribution in [0, 0.1) is 0 Å². The maximum absolute atomic E-state index is 12.1. The Hall–Kier alpha value is -4.42. The molecule has 1 aliphatic heterocycles. The first kappa shape index (κ1) is 27.2. The van der Waals surface area contributed by atoms with Gasteiger partial charge in [-0.25, -0.2) is 13.2 Å². The van der Waals surface area contributed by atoms with Gasteiger partial charge in [-0.2, -0.15) is 0 Å². The fourth-order valence-electron chi connectivity index (χ4n) is 4.62. The molecule has 10 nitrogen and oxygen atoms in total. The number of anilines is 2. The maximum atomic E-state index is 12.1. The highest BCUT2D eigenvalue weighted by atomic mass is 32.2. The lowest BCUT2D eigenvalue weighted by atomic mass is 10.0. The number of benzene rings is 2. The number of aromatic nitrogens is 1. The molecule has 0 saturated carbocycles. The second kappa shape index (κ2) is 11.0. The Morgan fingerprint density at radius 3 is 2.60 bits per heavy atom. The lowest BCUT2D eigenvalue weighted by Crippen LogP contribution is -2.29. The number of carbonyl (C=O) groups excluding carboxylic acids is 1. The molecule has 0 spiro atoms. The Labute approximate surface area is 237 Å². The molecule has 0 amide bonds. The Balaban J connectivity index is 1.58. The minimum atomic E-state index is -3.52. The van der Waals surface area contributed by atoms with Crippen LogP contribution in [0.15, 0.2) is 83.4 Å². The van der Waals surface area contributed by atoms with E-state index in [2.05, 4.69) is 15.0 Å². The van der Waals surface area contributed by atoms with E-state index in [9.17, 15) is 13.2 Å². The lowest BCUT2D eigenvalue weighted by Gasteiger charge is -2.27. The SMILES string of the molecule is COC(=O)c1cccc(-c2ccc([C@H]3[C@@H](c4ccccn4)NC(=S)N3c3ccc(NS(C)(=O)=O)c(OC)c3)o2)c1. The standard InChI is InChI=1S/C28H26N4O6S2/c1-36-24-16-19(10-11-20(24)31-40(3,34)35)32-26(25(30-28(32)39)21-9-4-5-14-29-21)23-13-12-22(38-23)17-7-6-8-18(15-17)27(33)37-2/h4-16,25-26,31H,1-3H3,(H,30,39)/t25-,26+/m1/s1. The van der Waals surface area contributed by atoms with Crippen molar-refractivity contribution in [1.29, 1.82) is 0 Å². The van der Waals surface area contributed by atoms with Crippen molar-refractivity contribution >= 4 is 44.7 Å². The number of hydrogen-bond acceptors (Lipinski definition) is 8. The summed E-state index contributed by atoms with van der Waals surface area (Å²) in [6.45, 7) is 0. The van der Waals surface area contributed by atoms with Crippen LogP contribution in [-0.4, -0.2) is 45.0 Å². The Kier molecular flexibility index (Phi) is 7.46. The van der Waals surface area contributed by atoms with Crippen molar-refractivity contribution in [3.05, 3.63) is 96.0 Å². The third kappa shape index (κ3) is 5.49. The number of methoxy groups -OCH3 is 2. The molecule has 0 radical (unpaired) electrons. The molecule has 0 bridgehead atoms. The fraction of sp³-hybridized carbons (Fsp3) is 0.179. The van der Waals surface area contributed by atoms with Crippen molar-refractivity contribution in [3.8, 4) is 17.1 Å². The number of rotatable bonds is 8. The summed E-state index contributed by atoms with van der Waals surface area (Å²) in [5.41, 5.74) is 2.83.